The minimum absolute atomic E-state index is 0.0998. The summed E-state index contributed by atoms with van der Waals surface area (Å²) in [6.07, 6.45) is 1.39. The van der Waals surface area contributed by atoms with Gasteiger partial charge in [-0.3, -0.25) is 4.79 Å². The molecule has 0 aliphatic carbocycles. The van der Waals surface area contributed by atoms with E-state index in [1.54, 1.807) is 48.5 Å². The molecule has 27 heavy (non-hydrogen) atoms. The number of phenolic OH excluding ortho intramolecular Hbond substituents is 1. The van der Waals surface area contributed by atoms with Crippen LogP contribution in [0.2, 0.25) is 0 Å². The number of halogens is 1. The molecule has 0 aliphatic rings. The third-order valence-electron chi connectivity index (χ3n) is 3.74. The molecule has 0 radical (unpaired) electrons. The van der Waals surface area contributed by atoms with Crippen LogP contribution < -0.4 is 10.2 Å². The van der Waals surface area contributed by atoms with Crippen LogP contribution in [0.1, 0.15) is 21.5 Å². The van der Waals surface area contributed by atoms with Crippen molar-refractivity contribution in [2.45, 2.75) is 6.61 Å². The fourth-order valence-electron chi connectivity index (χ4n) is 2.27. The number of aromatic hydroxyl groups is 1. The molecule has 0 spiro atoms. The number of rotatable bonds is 6. The summed E-state index contributed by atoms with van der Waals surface area (Å²) in [5.41, 5.74) is 4.47. The molecule has 3 rings (SSSR count). The van der Waals surface area contributed by atoms with Crippen LogP contribution in [-0.4, -0.2) is 17.2 Å². The van der Waals surface area contributed by atoms with E-state index in [2.05, 4.69) is 26.5 Å². The largest absolute Gasteiger partial charge is 0.507 e. The zero-order valence-electron chi connectivity index (χ0n) is 14.3. The van der Waals surface area contributed by atoms with E-state index in [0.717, 1.165) is 10.0 Å². The van der Waals surface area contributed by atoms with Gasteiger partial charge in [-0.1, -0.05) is 40.2 Å². The van der Waals surface area contributed by atoms with Crippen molar-refractivity contribution in [1.29, 1.82) is 0 Å². The van der Waals surface area contributed by atoms with Crippen LogP contribution in [-0.2, 0) is 6.61 Å². The molecule has 2 N–H and O–H groups in total. The molecule has 0 aliphatic heterocycles. The molecule has 136 valence electrons. The topological polar surface area (TPSA) is 70.9 Å². The molecule has 0 fully saturated rings. The summed E-state index contributed by atoms with van der Waals surface area (Å²) in [5.74, 6) is 0.427. The van der Waals surface area contributed by atoms with Crippen molar-refractivity contribution >= 4 is 28.1 Å². The number of hydrogen-bond donors (Lipinski definition) is 2. The Morgan fingerprint density at radius 3 is 2.44 bits per heavy atom. The van der Waals surface area contributed by atoms with Gasteiger partial charge < -0.3 is 9.84 Å². The number of ether oxygens (including phenoxy) is 1. The SMILES string of the molecule is O=C(N/N=C\c1ccccc1O)c1ccc(OCc2ccc(Br)cc2)cc1. The maximum atomic E-state index is 12.1. The first-order chi connectivity index (χ1) is 13.1. The first-order valence-corrected chi connectivity index (χ1v) is 9.00. The summed E-state index contributed by atoms with van der Waals surface area (Å²) in [4.78, 5) is 12.1. The zero-order chi connectivity index (χ0) is 19.1. The predicted molar refractivity (Wildman–Crippen MR) is 108 cm³/mol. The van der Waals surface area contributed by atoms with E-state index in [4.69, 9.17) is 4.74 Å². The Hall–Kier alpha value is -3.12. The van der Waals surface area contributed by atoms with E-state index in [0.29, 0.717) is 23.5 Å². The number of carbonyl (C=O) groups is 1. The molecule has 1 amide bonds. The van der Waals surface area contributed by atoms with Gasteiger partial charge in [-0.05, 0) is 54.1 Å². The molecular formula is C21H17BrN2O3. The van der Waals surface area contributed by atoms with Crippen molar-refractivity contribution in [1.82, 2.24) is 5.43 Å². The van der Waals surface area contributed by atoms with Crippen LogP contribution in [0, 0.1) is 0 Å². The Labute approximate surface area is 165 Å². The molecule has 0 aromatic heterocycles. The number of nitrogens with one attached hydrogen (secondary N) is 1. The molecule has 3 aromatic rings. The van der Waals surface area contributed by atoms with Gasteiger partial charge in [0.05, 0.1) is 6.21 Å². The monoisotopic (exact) mass is 424 g/mol. The Bertz CT molecular complexity index is 938. The average molecular weight is 425 g/mol. The van der Waals surface area contributed by atoms with E-state index < -0.39 is 0 Å². The molecule has 0 bridgehead atoms. The first-order valence-electron chi connectivity index (χ1n) is 8.20. The van der Waals surface area contributed by atoms with E-state index in [-0.39, 0.29) is 11.7 Å². The van der Waals surface area contributed by atoms with Crippen molar-refractivity contribution in [3.63, 3.8) is 0 Å². The number of para-hydroxylation sites is 1. The molecule has 3 aromatic carbocycles. The summed E-state index contributed by atoms with van der Waals surface area (Å²) >= 11 is 3.40. The number of nitrogens with zero attached hydrogens (tertiary/aromatic N) is 1. The van der Waals surface area contributed by atoms with Crippen LogP contribution >= 0.6 is 15.9 Å². The third kappa shape index (κ3) is 5.43. The standard InChI is InChI=1S/C21H17BrN2O3/c22-18-9-5-15(6-10-18)14-27-19-11-7-16(8-12-19)21(26)24-23-13-17-3-1-2-4-20(17)25/h1-13,25H,14H2,(H,24,26)/b23-13-. The molecular weight excluding hydrogens is 408 g/mol. The lowest BCUT2D eigenvalue weighted by Gasteiger charge is -2.07. The summed E-state index contributed by atoms with van der Waals surface area (Å²) in [5, 5.41) is 13.5. The molecule has 5 nitrogen and oxygen atoms in total. The van der Waals surface area contributed by atoms with Crippen LogP contribution in [0.4, 0.5) is 0 Å². The normalized spacial score (nSPS) is 10.7. The Morgan fingerprint density at radius 1 is 1.04 bits per heavy atom. The second kappa shape index (κ2) is 9.00. The lowest BCUT2D eigenvalue weighted by molar-refractivity contribution is 0.0955. The van der Waals surface area contributed by atoms with Crippen molar-refractivity contribution in [2.24, 2.45) is 5.10 Å². The minimum atomic E-state index is -0.346. The van der Waals surface area contributed by atoms with E-state index >= 15 is 0 Å². The molecule has 0 atom stereocenters. The van der Waals surface area contributed by atoms with E-state index in [1.165, 1.54) is 6.21 Å². The maximum Gasteiger partial charge on any atom is 0.271 e. The fourth-order valence-corrected chi connectivity index (χ4v) is 2.54. The highest BCUT2D eigenvalue weighted by molar-refractivity contribution is 9.10. The first kappa shape index (κ1) is 18.7. The van der Waals surface area contributed by atoms with Crippen LogP contribution in [0.5, 0.6) is 11.5 Å². The van der Waals surface area contributed by atoms with Crippen molar-refractivity contribution in [3.05, 3.63) is 94.0 Å². The van der Waals surface area contributed by atoms with Crippen molar-refractivity contribution in [2.75, 3.05) is 0 Å². The molecule has 0 heterocycles. The number of hydrogen-bond acceptors (Lipinski definition) is 4. The Balaban J connectivity index is 1.54. The fraction of sp³-hybridized carbons (Fsp3) is 0.0476. The van der Waals surface area contributed by atoms with Crippen LogP contribution in [0.15, 0.2) is 82.4 Å². The highest BCUT2D eigenvalue weighted by Gasteiger charge is 2.05. The zero-order valence-corrected chi connectivity index (χ0v) is 15.9. The van der Waals surface area contributed by atoms with Crippen molar-refractivity contribution < 1.29 is 14.6 Å². The van der Waals surface area contributed by atoms with Crippen LogP contribution in [0.25, 0.3) is 0 Å². The summed E-state index contributed by atoms with van der Waals surface area (Å²) < 4.78 is 6.73. The summed E-state index contributed by atoms with van der Waals surface area (Å²) in [6.45, 7) is 0.448. The number of benzene rings is 3. The average Bonchev–Trinajstić information content (AvgIpc) is 2.69. The van der Waals surface area contributed by atoms with Gasteiger partial charge in [0.2, 0.25) is 0 Å². The molecule has 0 saturated heterocycles. The smallest absolute Gasteiger partial charge is 0.271 e. The lowest BCUT2D eigenvalue weighted by atomic mass is 10.2. The van der Waals surface area contributed by atoms with Gasteiger partial charge in [0.1, 0.15) is 18.1 Å². The minimum Gasteiger partial charge on any atom is -0.507 e. The highest BCUT2D eigenvalue weighted by Crippen LogP contribution is 2.16. The van der Waals surface area contributed by atoms with Gasteiger partial charge in [-0.15, -0.1) is 0 Å². The summed E-state index contributed by atoms with van der Waals surface area (Å²) in [7, 11) is 0. The maximum absolute atomic E-state index is 12.1. The van der Waals surface area contributed by atoms with Gasteiger partial charge in [0.25, 0.3) is 5.91 Å². The quantitative estimate of drug-likeness (QED) is 0.452. The molecule has 6 heteroatoms. The Morgan fingerprint density at radius 2 is 1.74 bits per heavy atom. The Kier molecular flexibility index (Phi) is 6.22. The lowest BCUT2D eigenvalue weighted by Crippen LogP contribution is -2.17. The number of phenols is 1. The van der Waals surface area contributed by atoms with Gasteiger partial charge in [0.15, 0.2) is 0 Å². The molecule has 0 unspecified atom stereocenters. The number of hydrazone groups is 1. The van der Waals surface area contributed by atoms with Gasteiger partial charge in [0, 0.05) is 15.6 Å². The molecule has 0 saturated carbocycles. The van der Waals surface area contributed by atoms with Crippen molar-refractivity contribution in [3.8, 4) is 11.5 Å². The predicted octanol–water partition coefficient (Wildman–Crippen LogP) is 4.50. The van der Waals surface area contributed by atoms with E-state index in [1.807, 2.05) is 24.3 Å². The summed E-state index contributed by atoms with van der Waals surface area (Å²) in [6, 6.07) is 21.4. The van der Waals surface area contributed by atoms with Crippen LogP contribution in [0.3, 0.4) is 0 Å². The van der Waals surface area contributed by atoms with Gasteiger partial charge in [-0.2, -0.15) is 5.10 Å². The highest BCUT2D eigenvalue weighted by atomic mass is 79.9. The third-order valence-corrected chi connectivity index (χ3v) is 4.27. The second-order valence-corrected chi connectivity index (χ2v) is 6.61. The van der Waals surface area contributed by atoms with Gasteiger partial charge >= 0.3 is 0 Å². The van der Waals surface area contributed by atoms with E-state index in [9.17, 15) is 9.90 Å². The van der Waals surface area contributed by atoms with Gasteiger partial charge in [-0.25, -0.2) is 5.43 Å². The second-order valence-electron chi connectivity index (χ2n) is 5.70. The number of amides is 1. The number of carbonyl (C=O) groups excluding carboxylic acids is 1.